The zero-order chi connectivity index (χ0) is 12.1. The first kappa shape index (κ1) is 15.8. The number of carbonyl (C=O) groups excluding carboxylic acids is 1. The first-order chi connectivity index (χ1) is 8.33. The minimum Gasteiger partial charge on any atom is -1.00 e. The summed E-state index contributed by atoms with van der Waals surface area (Å²) < 4.78 is 5.26. The Bertz CT molecular complexity index is 254. The minimum absolute atomic E-state index is 0. The number of hydrogen-bond donors (Lipinski definition) is 1. The van der Waals surface area contributed by atoms with Gasteiger partial charge >= 0.3 is 5.97 Å². The Morgan fingerprint density at radius 2 is 1.83 bits per heavy atom. The molecule has 0 radical (unpaired) electrons. The highest BCUT2D eigenvalue weighted by atomic mass is 35.5. The highest BCUT2D eigenvalue weighted by Gasteiger charge is 2.37. The van der Waals surface area contributed by atoms with Gasteiger partial charge in [-0.1, -0.05) is 12.8 Å². The van der Waals surface area contributed by atoms with Gasteiger partial charge in [0.1, 0.15) is 0 Å². The number of ether oxygens (including phenoxy) is 1. The van der Waals surface area contributed by atoms with Crippen LogP contribution in [0.15, 0.2) is 0 Å². The molecule has 0 spiro atoms. The second-order valence-corrected chi connectivity index (χ2v) is 5.51. The van der Waals surface area contributed by atoms with E-state index in [4.69, 9.17) is 4.74 Å². The van der Waals surface area contributed by atoms with Gasteiger partial charge in [0.05, 0.1) is 25.6 Å². The SMILES string of the molecule is CCOC(=O)[C@H]1CCCC[C@H]1C1CC[NH2+]CC1.[Cl-]. The van der Waals surface area contributed by atoms with Crippen molar-refractivity contribution in [2.75, 3.05) is 19.7 Å². The molecule has 0 aromatic carbocycles. The van der Waals surface area contributed by atoms with Crippen molar-refractivity contribution in [1.82, 2.24) is 0 Å². The van der Waals surface area contributed by atoms with E-state index in [1.54, 1.807) is 0 Å². The zero-order valence-corrected chi connectivity index (χ0v) is 12.1. The van der Waals surface area contributed by atoms with Crippen LogP contribution >= 0.6 is 0 Å². The molecule has 1 aliphatic carbocycles. The summed E-state index contributed by atoms with van der Waals surface area (Å²) in [6, 6.07) is 0. The van der Waals surface area contributed by atoms with Crippen LogP contribution in [0.4, 0.5) is 0 Å². The second-order valence-electron chi connectivity index (χ2n) is 5.51. The molecular weight excluding hydrogens is 250 g/mol. The Morgan fingerprint density at radius 1 is 1.17 bits per heavy atom. The van der Waals surface area contributed by atoms with E-state index in [-0.39, 0.29) is 24.3 Å². The maximum atomic E-state index is 12.0. The van der Waals surface area contributed by atoms with Gasteiger partial charge in [-0.2, -0.15) is 0 Å². The highest BCUT2D eigenvalue weighted by Crippen LogP contribution is 2.38. The van der Waals surface area contributed by atoms with Crippen LogP contribution < -0.4 is 17.7 Å². The van der Waals surface area contributed by atoms with Crippen LogP contribution in [0.25, 0.3) is 0 Å². The molecule has 0 unspecified atom stereocenters. The molecule has 2 aliphatic rings. The largest absolute Gasteiger partial charge is 1.00 e. The van der Waals surface area contributed by atoms with E-state index < -0.39 is 0 Å². The summed E-state index contributed by atoms with van der Waals surface area (Å²) in [7, 11) is 0. The molecule has 0 aromatic heterocycles. The van der Waals surface area contributed by atoms with E-state index in [9.17, 15) is 4.79 Å². The van der Waals surface area contributed by atoms with Crippen molar-refractivity contribution in [2.24, 2.45) is 17.8 Å². The van der Waals surface area contributed by atoms with Crippen LogP contribution in [0.2, 0.25) is 0 Å². The van der Waals surface area contributed by atoms with Crippen LogP contribution in [0.5, 0.6) is 0 Å². The molecule has 4 heteroatoms. The summed E-state index contributed by atoms with van der Waals surface area (Å²) in [5.74, 6) is 1.66. The average Bonchev–Trinajstić information content (AvgIpc) is 2.40. The third-order valence-electron chi connectivity index (χ3n) is 4.50. The van der Waals surface area contributed by atoms with Gasteiger partial charge in [-0.25, -0.2) is 0 Å². The molecule has 1 saturated carbocycles. The predicted octanol–water partition coefficient (Wildman–Crippen LogP) is -1.67. The smallest absolute Gasteiger partial charge is 0.309 e. The van der Waals surface area contributed by atoms with Gasteiger partial charge in [0.15, 0.2) is 0 Å². The van der Waals surface area contributed by atoms with Crippen molar-refractivity contribution >= 4 is 5.97 Å². The van der Waals surface area contributed by atoms with E-state index in [0.29, 0.717) is 12.5 Å². The molecule has 0 aromatic rings. The zero-order valence-electron chi connectivity index (χ0n) is 11.4. The van der Waals surface area contributed by atoms with Crippen molar-refractivity contribution in [3.63, 3.8) is 0 Å². The molecule has 3 nitrogen and oxygen atoms in total. The van der Waals surface area contributed by atoms with E-state index in [2.05, 4.69) is 5.32 Å². The van der Waals surface area contributed by atoms with Crippen molar-refractivity contribution in [2.45, 2.75) is 45.4 Å². The molecule has 1 saturated heterocycles. The number of rotatable bonds is 3. The molecule has 106 valence electrons. The van der Waals surface area contributed by atoms with Crippen LogP contribution in [0.1, 0.15) is 45.4 Å². The Kier molecular flexibility index (Phi) is 7.02. The summed E-state index contributed by atoms with van der Waals surface area (Å²) in [4.78, 5) is 12.0. The van der Waals surface area contributed by atoms with E-state index >= 15 is 0 Å². The fraction of sp³-hybridized carbons (Fsp3) is 0.929. The maximum absolute atomic E-state index is 12.0. The third-order valence-corrected chi connectivity index (χ3v) is 4.50. The molecule has 2 N–H and O–H groups in total. The summed E-state index contributed by atoms with van der Waals surface area (Å²) >= 11 is 0. The summed E-state index contributed by atoms with van der Waals surface area (Å²) in [5.41, 5.74) is 0. The summed E-state index contributed by atoms with van der Waals surface area (Å²) in [6.45, 7) is 4.93. The van der Waals surface area contributed by atoms with E-state index in [1.165, 1.54) is 45.2 Å². The Morgan fingerprint density at radius 3 is 2.50 bits per heavy atom. The van der Waals surface area contributed by atoms with Gasteiger partial charge < -0.3 is 22.5 Å². The lowest BCUT2D eigenvalue weighted by Crippen LogP contribution is -3.00. The molecule has 0 bridgehead atoms. The first-order valence-electron chi connectivity index (χ1n) is 7.31. The molecule has 0 amide bonds. The first-order valence-corrected chi connectivity index (χ1v) is 7.31. The number of carbonyl (C=O) groups is 1. The molecule has 2 fully saturated rings. The Balaban J connectivity index is 0.00000162. The third kappa shape index (κ3) is 3.86. The van der Waals surface area contributed by atoms with Gasteiger partial charge in [-0.3, -0.25) is 4.79 Å². The number of hydrogen-bond acceptors (Lipinski definition) is 2. The van der Waals surface area contributed by atoms with Crippen molar-refractivity contribution < 1.29 is 27.3 Å². The number of esters is 1. The molecule has 1 aliphatic heterocycles. The van der Waals surface area contributed by atoms with Gasteiger partial charge in [0, 0.05) is 0 Å². The standard InChI is InChI=1S/C14H25NO2.ClH/c1-2-17-14(16)13-6-4-3-5-12(13)11-7-9-15-10-8-11;/h11-13,15H,2-10H2,1H3;1H/t12-,13-;/m0./s1. The lowest BCUT2D eigenvalue weighted by Gasteiger charge is -2.36. The normalized spacial score (nSPS) is 29.4. The van der Waals surface area contributed by atoms with Gasteiger partial charge in [-0.15, -0.1) is 0 Å². The van der Waals surface area contributed by atoms with Gasteiger partial charge in [-0.05, 0) is 44.4 Å². The molecule has 18 heavy (non-hydrogen) atoms. The Hall–Kier alpha value is -0.280. The minimum atomic E-state index is 0. The van der Waals surface area contributed by atoms with Crippen molar-refractivity contribution in [3.8, 4) is 0 Å². The van der Waals surface area contributed by atoms with E-state index in [0.717, 1.165) is 12.3 Å². The summed E-state index contributed by atoms with van der Waals surface area (Å²) in [6.07, 6.45) is 7.40. The lowest BCUT2D eigenvalue weighted by atomic mass is 9.69. The van der Waals surface area contributed by atoms with Crippen LogP contribution in [0.3, 0.4) is 0 Å². The number of piperidine rings is 1. The van der Waals surface area contributed by atoms with Gasteiger partial charge in [0.25, 0.3) is 0 Å². The second kappa shape index (κ2) is 8.00. The van der Waals surface area contributed by atoms with E-state index in [1.807, 2.05) is 6.92 Å². The highest BCUT2D eigenvalue weighted by molar-refractivity contribution is 5.72. The average molecular weight is 276 g/mol. The Labute approximate surface area is 116 Å². The fourth-order valence-corrected chi connectivity index (χ4v) is 3.65. The molecule has 2 atom stereocenters. The monoisotopic (exact) mass is 275 g/mol. The maximum Gasteiger partial charge on any atom is 0.309 e. The number of halogens is 1. The van der Waals surface area contributed by atoms with Crippen LogP contribution in [0, 0.1) is 17.8 Å². The van der Waals surface area contributed by atoms with Gasteiger partial charge in [0.2, 0.25) is 0 Å². The fourth-order valence-electron chi connectivity index (χ4n) is 3.65. The number of quaternary nitrogens is 1. The quantitative estimate of drug-likeness (QED) is 0.626. The molecule has 1 heterocycles. The van der Waals surface area contributed by atoms with Crippen molar-refractivity contribution in [3.05, 3.63) is 0 Å². The lowest BCUT2D eigenvalue weighted by molar-refractivity contribution is -0.665. The summed E-state index contributed by atoms with van der Waals surface area (Å²) in [5, 5.41) is 2.40. The molecule has 2 rings (SSSR count). The van der Waals surface area contributed by atoms with Crippen LogP contribution in [-0.2, 0) is 9.53 Å². The van der Waals surface area contributed by atoms with Crippen LogP contribution in [-0.4, -0.2) is 25.7 Å². The molecular formula is C14H26ClNO2. The van der Waals surface area contributed by atoms with Crippen molar-refractivity contribution in [1.29, 1.82) is 0 Å². The number of nitrogens with two attached hydrogens (primary N) is 1. The predicted molar refractivity (Wildman–Crippen MR) is 66.5 cm³/mol. The topological polar surface area (TPSA) is 42.9 Å².